The van der Waals surface area contributed by atoms with Crippen molar-refractivity contribution in [3.05, 3.63) is 0 Å². The third-order valence-corrected chi connectivity index (χ3v) is 8.91. The first-order valence-corrected chi connectivity index (χ1v) is 9.42. The molecule has 0 heterocycles. The first-order valence-electron chi connectivity index (χ1n) is 9.42. The van der Waals surface area contributed by atoms with Gasteiger partial charge in [-0.1, -0.05) is 27.7 Å². The molecule has 0 aromatic carbocycles. The van der Waals surface area contributed by atoms with Crippen LogP contribution in [-0.2, 0) is 4.79 Å². The smallest absolute Gasteiger partial charge is 0.134 e. The van der Waals surface area contributed by atoms with E-state index in [4.69, 9.17) is 0 Å². The quantitative estimate of drug-likeness (QED) is 0.720. The predicted octanol–water partition coefficient (Wildman–Crippen LogP) is 3.32. The molecule has 0 aliphatic heterocycles. The van der Waals surface area contributed by atoms with Crippen molar-refractivity contribution in [2.24, 2.45) is 33.5 Å². The maximum absolute atomic E-state index is 12.6. The van der Waals surface area contributed by atoms with Gasteiger partial charge in [-0.2, -0.15) is 0 Å². The number of hydrogen-bond acceptors (Lipinski definition) is 3. The summed E-state index contributed by atoms with van der Waals surface area (Å²) >= 11 is 0. The van der Waals surface area contributed by atoms with Gasteiger partial charge in [0.1, 0.15) is 5.78 Å². The second-order valence-corrected chi connectivity index (χ2v) is 10.5. The molecular weight excluding hydrogens is 288 g/mol. The zero-order valence-corrected chi connectivity index (χ0v) is 15.1. The van der Waals surface area contributed by atoms with Crippen molar-refractivity contribution in [3.63, 3.8) is 0 Å². The third-order valence-electron chi connectivity index (χ3n) is 8.91. The minimum Gasteiger partial charge on any atom is -0.393 e. The van der Waals surface area contributed by atoms with E-state index in [1.54, 1.807) is 0 Å². The van der Waals surface area contributed by atoms with Gasteiger partial charge in [0.15, 0.2) is 0 Å². The number of aliphatic hydroxyl groups excluding tert-OH is 2. The number of hydrogen-bond donors (Lipinski definition) is 2. The average molecular weight is 320 g/mol. The zero-order valence-electron chi connectivity index (χ0n) is 15.1. The van der Waals surface area contributed by atoms with Crippen LogP contribution in [0.5, 0.6) is 0 Å². The van der Waals surface area contributed by atoms with Crippen LogP contribution >= 0.6 is 0 Å². The number of aliphatic hydroxyl groups is 2. The summed E-state index contributed by atoms with van der Waals surface area (Å²) in [7, 11) is 0. The molecule has 1 spiro atoms. The highest BCUT2D eigenvalue weighted by atomic mass is 16.3. The summed E-state index contributed by atoms with van der Waals surface area (Å²) < 4.78 is 0. The van der Waals surface area contributed by atoms with Gasteiger partial charge < -0.3 is 10.2 Å². The fourth-order valence-electron chi connectivity index (χ4n) is 7.68. The Labute approximate surface area is 139 Å². The molecule has 0 saturated heterocycles. The van der Waals surface area contributed by atoms with Crippen molar-refractivity contribution in [3.8, 4) is 0 Å². The van der Waals surface area contributed by atoms with Gasteiger partial charge in [-0.15, -0.1) is 0 Å². The Kier molecular flexibility index (Phi) is 3.08. The van der Waals surface area contributed by atoms with Gasteiger partial charge >= 0.3 is 0 Å². The molecule has 5 aliphatic rings. The minimum atomic E-state index is -0.282. The van der Waals surface area contributed by atoms with Gasteiger partial charge in [0.05, 0.1) is 12.2 Å². The Morgan fingerprint density at radius 2 is 1.70 bits per heavy atom. The molecule has 3 heteroatoms. The second kappa shape index (κ2) is 4.40. The van der Waals surface area contributed by atoms with Gasteiger partial charge in [0.2, 0.25) is 0 Å². The summed E-state index contributed by atoms with van der Waals surface area (Å²) in [6, 6.07) is 0. The fourth-order valence-corrected chi connectivity index (χ4v) is 7.68. The SMILES string of the molecule is CC1(C)CC(=O)C[C@@]2(C)[C@H]1C[C@H](O)[C@H]1C[C@]3(C)CC[C@@]12C[C@H]3O. The maximum Gasteiger partial charge on any atom is 0.134 e. The average Bonchev–Trinajstić information content (AvgIpc) is 2.42. The molecule has 0 aromatic rings. The Hall–Kier alpha value is -0.410. The van der Waals surface area contributed by atoms with Crippen molar-refractivity contribution in [1.82, 2.24) is 0 Å². The number of ketones is 1. The molecule has 130 valence electrons. The van der Waals surface area contributed by atoms with E-state index in [1.807, 2.05) is 0 Å². The van der Waals surface area contributed by atoms with Crippen LogP contribution in [-0.4, -0.2) is 28.2 Å². The molecule has 5 rings (SSSR count). The Morgan fingerprint density at radius 1 is 1.00 bits per heavy atom. The lowest BCUT2D eigenvalue weighted by atomic mass is 9.32. The molecule has 5 saturated carbocycles. The number of carbonyl (C=O) groups is 1. The summed E-state index contributed by atoms with van der Waals surface area (Å²) in [5, 5.41) is 21.8. The van der Waals surface area contributed by atoms with Gasteiger partial charge in [0, 0.05) is 12.8 Å². The molecule has 0 amide bonds. The summed E-state index contributed by atoms with van der Waals surface area (Å²) in [5.41, 5.74) is -0.211. The zero-order chi connectivity index (χ0) is 16.8. The monoisotopic (exact) mass is 320 g/mol. The van der Waals surface area contributed by atoms with Crippen molar-refractivity contribution in [1.29, 1.82) is 0 Å². The van der Waals surface area contributed by atoms with E-state index in [0.717, 1.165) is 32.1 Å². The lowest BCUT2D eigenvalue weighted by Crippen LogP contribution is -2.70. The topological polar surface area (TPSA) is 57.5 Å². The van der Waals surface area contributed by atoms with Crippen LogP contribution in [0, 0.1) is 33.5 Å². The van der Waals surface area contributed by atoms with Crippen LogP contribution in [0.3, 0.4) is 0 Å². The van der Waals surface area contributed by atoms with Crippen molar-refractivity contribution >= 4 is 5.78 Å². The molecule has 5 fully saturated rings. The fraction of sp³-hybridized carbons (Fsp3) is 0.950. The largest absolute Gasteiger partial charge is 0.393 e. The molecule has 7 atom stereocenters. The van der Waals surface area contributed by atoms with E-state index in [1.165, 1.54) is 0 Å². The molecule has 0 aromatic heterocycles. The van der Waals surface area contributed by atoms with Crippen LogP contribution in [0.15, 0.2) is 0 Å². The van der Waals surface area contributed by atoms with Gasteiger partial charge in [-0.3, -0.25) is 4.79 Å². The normalized spacial score (nSPS) is 57.7. The summed E-state index contributed by atoms with van der Waals surface area (Å²) in [6.07, 6.45) is 5.37. The van der Waals surface area contributed by atoms with Crippen LogP contribution in [0.1, 0.15) is 72.6 Å². The van der Waals surface area contributed by atoms with E-state index in [2.05, 4.69) is 27.7 Å². The molecule has 0 radical (unpaired) electrons. The van der Waals surface area contributed by atoms with Crippen LogP contribution < -0.4 is 0 Å². The van der Waals surface area contributed by atoms with Crippen LogP contribution in [0.2, 0.25) is 0 Å². The number of Topliss-reactive ketones (excluding diaryl/α,β-unsaturated/α-hetero) is 1. The predicted molar refractivity (Wildman–Crippen MR) is 88.7 cm³/mol. The molecular formula is C20H32O3. The van der Waals surface area contributed by atoms with Gasteiger partial charge in [0.25, 0.3) is 0 Å². The Morgan fingerprint density at radius 3 is 2.35 bits per heavy atom. The van der Waals surface area contributed by atoms with E-state index in [0.29, 0.717) is 24.5 Å². The minimum absolute atomic E-state index is 0.0369. The number of rotatable bonds is 0. The highest BCUT2D eigenvalue weighted by molar-refractivity contribution is 5.81. The highest BCUT2D eigenvalue weighted by Crippen LogP contribution is 2.74. The molecule has 5 aliphatic carbocycles. The lowest BCUT2D eigenvalue weighted by molar-refractivity contribution is -0.271. The number of carbonyl (C=O) groups excluding carboxylic acids is 1. The van der Waals surface area contributed by atoms with E-state index < -0.39 is 0 Å². The number of fused-ring (bicyclic) bond motifs is 3. The lowest BCUT2D eigenvalue weighted by Gasteiger charge is -2.72. The second-order valence-electron chi connectivity index (χ2n) is 10.5. The first-order chi connectivity index (χ1) is 10.5. The third kappa shape index (κ3) is 1.81. The molecule has 2 bridgehead atoms. The van der Waals surface area contributed by atoms with Crippen LogP contribution in [0.25, 0.3) is 0 Å². The molecule has 0 unspecified atom stereocenters. The first kappa shape index (κ1) is 16.1. The molecule has 3 nitrogen and oxygen atoms in total. The highest BCUT2D eigenvalue weighted by Gasteiger charge is 2.71. The van der Waals surface area contributed by atoms with Crippen LogP contribution in [0.4, 0.5) is 0 Å². The van der Waals surface area contributed by atoms with Crippen molar-refractivity contribution < 1.29 is 15.0 Å². The summed E-state index contributed by atoms with van der Waals surface area (Å²) in [4.78, 5) is 12.6. The standard InChI is InChI=1S/C20H32O3/c1-17(2)8-12(21)9-19(4)15(17)7-14(22)13-10-18(3)5-6-20(13,19)11-16(18)23/h13-16,22-23H,5-11H2,1-4H3/t13-,14+,15+,16-,18+,19+,20-/m1/s1. The van der Waals surface area contributed by atoms with E-state index in [-0.39, 0.29) is 39.8 Å². The summed E-state index contributed by atoms with van der Waals surface area (Å²) in [6.45, 7) is 8.93. The maximum atomic E-state index is 12.6. The molecule has 23 heavy (non-hydrogen) atoms. The molecule has 2 N–H and O–H groups in total. The van der Waals surface area contributed by atoms with E-state index in [9.17, 15) is 15.0 Å². The van der Waals surface area contributed by atoms with E-state index >= 15 is 0 Å². The van der Waals surface area contributed by atoms with Crippen molar-refractivity contribution in [2.75, 3.05) is 0 Å². The van der Waals surface area contributed by atoms with Gasteiger partial charge in [-0.25, -0.2) is 0 Å². The van der Waals surface area contributed by atoms with Crippen molar-refractivity contribution in [2.45, 2.75) is 84.8 Å². The Balaban J connectivity index is 1.85. The van der Waals surface area contributed by atoms with Gasteiger partial charge in [-0.05, 0) is 65.6 Å². The Bertz CT molecular complexity index is 555. The summed E-state index contributed by atoms with van der Waals surface area (Å²) in [5.74, 6) is 1.01.